The predicted molar refractivity (Wildman–Crippen MR) is 124 cm³/mol. The fourth-order valence-electron chi connectivity index (χ4n) is 4.07. The first kappa shape index (κ1) is 22.5. The Morgan fingerprint density at radius 3 is 2.50 bits per heavy atom. The summed E-state index contributed by atoms with van der Waals surface area (Å²) in [5.41, 5.74) is 3.48. The normalized spacial score (nSPS) is 16.3. The molecule has 2 amide bonds. The second-order valence-electron chi connectivity index (χ2n) is 9.50. The highest BCUT2D eigenvalue weighted by Gasteiger charge is 2.34. The summed E-state index contributed by atoms with van der Waals surface area (Å²) in [6.45, 7) is 11.8. The molecule has 1 aromatic heterocycles. The van der Waals surface area contributed by atoms with Crippen LogP contribution in [0, 0.1) is 12.3 Å². The van der Waals surface area contributed by atoms with Gasteiger partial charge in [0.15, 0.2) is 0 Å². The highest BCUT2D eigenvalue weighted by Crippen LogP contribution is 2.38. The van der Waals surface area contributed by atoms with E-state index in [-0.39, 0.29) is 29.8 Å². The van der Waals surface area contributed by atoms with E-state index in [1.54, 1.807) is 16.2 Å². The van der Waals surface area contributed by atoms with E-state index in [1.165, 1.54) is 16.0 Å². The molecular formula is C25H34N2O2S. The number of nitrogens with zero attached hydrogens (tertiary/aromatic N) is 2. The van der Waals surface area contributed by atoms with E-state index in [0.29, 0.717) is 19.5 Å². The van der Waals surface area contributed by atoms with Gasteiger partial charge in [0.25, 0.3) is 0 Å². The van der Waals surface area contributed by atoms with Crippen molar-refractivity contribution in [3.05, 3.63) is 57.3 Å². The molecule has 0 spiro atoms. The highest BCUT2D eigenvalue weighted by molar-refractivity contribution is 7.10. The minimum Gasteiger partial charge on any atom is -0.333 e. The molecule has 0 bridgehead atoms. The molecule has 0 saturated carbocycles. The van der Waals surface area contributed by atoms with Gasteiger partial charge in [-0.3, -0.25) is 9.59 Å². The Labute approximate surface area is 184 Å². The average Bonchev–Trinajstić information content (AvgIpc) is 3.15. The quantitative estimate of drug-likeness (QED) is 0.636. The SMILES string of the molecule is CCCN(CC(=O)N1CCc2sccc2C1c1ccc(C)cc1)C(=O)CC(C)(C)C. The third kappa shape index (κ3) is 5.31. The van der Waals surface area contributed by atoms with E-state index >= 15 is 0 Å². The molecule has 4 nitrogen and oxygen atoms in total. The van der Waals surface area contributed by atoms with Crippen molar-refractivity contribution in [1.29, 1.82) is 0 Å². The van der Waals surface area contributed by atoms with Crippen LogP contribution < -0.4 is 0 Å². The van der Waals surface area contributed by atoms with Crippen molar-refractivity contribution >= 4 is 23.2 Å². The lowest BCUT2D eigenvalue weighted by atomic mass is 9.91. The highest BCUT2D eigenvalue weighted by atomic mass is 32.1. The van der Waals surface area contributed by atoms with E-state index in [1.807, 2.05) is 4.90 Å². The Balaban J connectivity index is 1.85. The van der Waals surface area contributed by atoms with Crippen molar-refractivity contribution in [2.45, 2.75) is 59.9 Å². The Hall–Kier alpha value is -2.14. The van der Waals surface area contributed by atoms with E-state index in [0.717, 1.165) is 18.4 Å². The van der Waals surface area contributed by atoms with Crippen LogP contribution in [0.4, 0.5) is 0 Å². The third-order valence-electron chi connectivity index (χ3n) is 5.53. The summed E-state index contributed by atoms with van der Waals surface area (Å²) < 4.78 is 0. The maximum absolute atomic E-state index is 13.5. The van der Waals surface area contributed by atoms with Gasteiger partial charge >= 0.3 is 0 Å². The van der Waals surface area contributed by atoms with Crippen LogP contribution in [0.2, 0.25) is 0 Å². The Morgan fingerprint density at radius 1 is 1.17 bits per heavy atom. The van der Waals surface area contributed by atoms with Gasteiger partial charge in [0, 0.05) is 24.4 Å². The first-order valence-electron chi connectivity index (χ1n) is 10.9. The van der Waals surface area contributed by atoms with Crippen molar-refractivity contribution in [2.24, 2.45) is 5.41 Å². The van der Waals surface area contributed by atoms with Crippen LogP contribution in [0.5, 0.6) is 0 Å². The van der Waals surface area contributed by atoms with Crippen molar-refractivity contribution in [1.82, 2.24) is 9.80 Å². The van der Waals surface area contributed by atoms with Gasteiger partial charge in [-0.05, 0) is 47.8 Å². The first-order chi connectivity index (χ1) is 14.2. The zero-order valence-corrected chi connectivity index (χ0v) is 19.7. The molecule has 1 aromatic carbocycles. The third-order valence-corrected chi connectivity index (χ3v) is 6.53. The molecule has 3 rings (SSSR count). The topological polar surface area (TPSA) is 40.6 Å². The smallest absolute Gasteiger partial charge is 0.242 e. The molecular weight excluding hydrogens is 392 g/mol. The number of amides is 2. The molecule has 0 saturated heterocycles. The fraction of sp³-hybridized carbons (Fsp3) is 0.520. The minimum absolute atomic E-state index is 0.0353. The summed E-state index contributed by atoms with van der Waals surface area (Å²) in [6, 6.07) is 10.5. The Bertz CT molecular complexity index is 879. The van der Waals surface area contributed by atoms with E-state index in [4.69, 9.17) is 0 Å². The van der Waals surface area contributed by atoms with Gasteiger partial charge in [-0.15, -0.1) is 11.3 Å². The van der Waals surface area contributed by atoms with Crippen LogP contribution in [0.3, 0.4) is 0 Å². The molecule has 5 heteroatoms. The summed E-state index contributed by atoms with van der Waals surface area (Å²) >= 11 is 1.77. The molecule has 0 aliphatic carbocycles. The molecule has 2 heterocycles. The Kier molecular flexibility index (Phi) is 7.02. The van der Waals surface area contributed by atoms with Crippen LogP contribution in [-0.4, -0.2) is 41.2 Å². The molecule has 0 radical (unpaired) electrons. The minimum atomic E-state index is -0.0900. The molecule has 1 aliphatic heterocycles. The summed E-state index contributed by atoms with van der Waals surface area (Å²) in [6.07, 6.45) is 2.18. The number of fused-ring (bicyclic) bond motifs is 1. The summed E-state index contributed by atoms with van der Waals surface area (Å²) in [7, 11) is 0. The number of aryl methyl sites for hydroxylation is 1. The molecule has 2 aromatic rings. The van der Waals surface area contributed by atoms with Crippen LogP contribution in [0.25, 0.3) is 0 Å². The van der Waals surface area contributed by atoms with E-state index in [9.17, 15) is 9.59 Å². The van der Waals surface area contributed by atoms with Crippen LogP contribution in [-0.2, 0) is 16.0 Å². The number of carbonyl (C=O) groups is 2. The monoisotopic (exact) mass is 426 g/mol. The van der Waals surface area contributed by atoms with Gasteiger partial charge in [0.2, 0.25) is 11.8 Å². The second kappa shape index (κ2) is 9.34. The van der Waals surface area contributed by atoms with Gasteiger partial charge < -0.3 is 9.80 Å². The lowest BCUT2D eigenvalue weighted by Gasteiger charge is -2.38. The van der Waals surface area contributed by atoms with Crippen molar-refractivity contribution < 1.29 is 9.59 Å². The van der Waals surface area contributed by atoms with E-state index in [2.05, 4.69) is 70.3 Å². The van der Waals surface area contributed by atoms with Crippen molar-refractivity contribution in [3.8, 4) is 0 Å². The van der Waals surface area contributed by atoms with Crippen LogP contribution in [0.1, 0.15) is 68.1 Å². The molecule has 162 valence electrons. The lowest BCUT2D eigenvalue weighted by molar-refractivity contribution is -0.142. The summed E-state index contributed by atoms with van der Waals surface area (Å²) in [5, 5.41) is 2.12. The van der Waals surface area contributed by atoms with Gasteiger partial charge in [-0.2, -0.15) is 0 Å². The van der Waals surface area contributed by atoms with Gasteiger partial charge in [-0.25, -0.2) is 0 Å². The number of hydrogen-bond donors (Lipinski definition) is 0. The van der Waals surface area contributed by atoms with Crippen LogP contribution >= 0.6 is 11.3 Å². The molecule has 1 aliphatic rings. The lowest BCUT2D eigenvalue weighted by Crippen LogP contribution is -2.47. The largest absolute Gasteiger partial charge is 0.333 e. The van der Waals surface area contributed by atoms with Gasteiger partial charge in [0.1, 0.15) is 0 Å². The summed E-state index contributed by atoms with van der Waals surface area (Å²) in [5.74, 6) is 0.103. The first-order valence-corrected chi connectivity index (χ1v) is 11.8. The zero-order valence-electron chi connectivity index (χ0n) is 18.9. The average molecular weight is 427 g/mol. The standard InChI is InChI=1S/C25H34N2O2S/c1-6-13-26(22(28)16-25(3,4)5)17-23(29)27-14-11-21-20(12-15-30-21)24(27)19-9-7-18(2)8-10-19/h7-10,12,15,24H,6,11,13-14,16-17H2,1-5H3. The number of benzene rings is 1. The predicted octanol–water partition coefficient (Wildman–Crippen LogP) is 5.21. The molecule has 0 fully saturated rings. The van der Waals surface area contributed by atoms with Crippen molar-refractivity contribution in [2.75, 3.05) is 19.6 Å². The molecule has 30 heavy (non-hydrogen) atoms. The molecule has 1 unspecified atom stereocenters. The Morgan fingerprint density at radius 2 is 1.87 bits per heavy atom. The summed E-state index contributed by atoms with van der Waals surface area (Å²) in [4.78, 5) is 31.4. The number of thiophene rings is 1. The maximum atomic E-state index is 13.5. The van der Waals surface area contributed by atoms with Crippen LogP contribution in [0.15, 0.2) is 35.7 Å². The van der Waals surface area contributed by atoms with Gasteiger partial charge in [-0.1, -0.05) is 57.5 Å². The second-order valence-corrected chi connectivity index (χ2v) is 10.5. The molecule has 1 atom stereocenters. The van der Waals surface area contributed by atoms with E-state index < -0.39 is 0 Å². The number of hydrogen-bond acceptors (Lipinski definition) is 3. The van der Waals surface area contributed by atoms with Crippen molar-refractivity contribution in [3.63, 3.8) is 0 Å². The number of carbonyl (C=O) groups excluding carboxylic acids is 2. The van der Waals surface area contributed by atoms with Gasteiger partial charge in [0.05, 0.1) is 12.6 Å². The maximum Gasteiger partial charge on any atom is 0.242 e. The zero-order chi connectivity index (χ0) is 21.9. The number of rotatable bonds is 6. The molecule has 0 N–H and O–H groups in total. The fourth-order valence-corrected chi connectivity index (χ4v) is 4.98.